The van der Waals surface area contributed by atoms with E-state index in [9.17, 15) is 61.5 Å². The van der Waals surface area contributed by atoms with Crippen LogP contribution >= 0.6 is 0 Å². The van der Waals surface area contributed by atoms with Crippen LogP contribution in [0.2, 0.25) is 0 Å². The molecule has 1 rings (SSSR count). The molecule has 1 unspecified atom stereocenters. The summed E-state index contributed by atoms with van der Waals surface area (Å²) in [5.74, 6) is -40.8. The van der Waals surface area contributed by atoms with Gasteiger partial charge in [0.25, 0.3) is 0 Å². The first-order valence-electron chi connectivity index (χ1n) is 4.80. The van der Waals surface area contributed by atoms with Crippen LogP contribution in [-0.4, -0.2) is 35.7 Å². The lowest BCUT2D eigenvalue weighted by Gasteiger charge is -2.35. The van der Waals surface area contributed by atoms with Crippen molar-refractivity contribution >= 4 is 0 Å². The van der Waals surface area contributed by atoms with Crippen LogP contribution in [0.1, 0.15) is 0 Å². The molecule has 0 bridgehead atoms. The van der Waals surface area contributed by atoms with Gasteiger partial charge in [-0.15, -0.1) is 0 Å². The molecule has 0 aromatic heterocycles. The fourth-order valence-corrected chi connectivity index (χ4v) is 1.25. The summed E-state index contributed by atoms with van der Waals surface area (Å²) in [5, 5.41) is 0. The van der Waals surface area contributed by atoms with E-state index in [0.29, 0.717) is 0 Å². The second-order valence-corrected chi connectivity index (χ2v) is 4.09. The average Bonchev–Trinajstić information content (AvgIpc) is 2.88. The van der Waals surface area contributed by atoms with Gasteiger partial charge < -0.3 is 0 Å². The van der Waals surface area contributed by atoms with Crippen molar-refractivity contribution in [1.29, 1.82) is 0 Å². The van der Waals surface area contributed by atoms with Gasteiger partial charge in [-0.1, -0.05) is 0 Å². The van der Waals surface area contributed by atoms with Gasteiger partial charge >= 0.3 is 41.7 Å². The highest BCUT2D eigenvalue weighted by molar-refractivity contribution is 5.21. The number of halogens is 14. The third kappa shape index (κ3) is 2.18. The minimum Gasteiger partial charge on any atom is -0.265 e. The summed E-state index contributed by atoms with van der Waals surface area (Å²) in [5.41, 5.74) is 0. The molecule has 0 saturated carbocycles. The standard InChI is InChI=1S/C8F14O/c9-1(2(10)11)3(12,13)4(14,15)5(16,17)6(18,19)7(20)8(21,22)23-7. The van der Waals surface area contributed by atoms with Gasteiger partial charge in [-0.3, -0.25) is 4.74 Å². The first kappa shape index (κ1) is 19.8. The van der Waals surface area contributed by atoms with Crippen LogP contribution in [0.3, 0.4) is 0 Å². The van der Waals surface area contributed by atoms with E-state index in [2.05, 4.69) is 4.74 Å². The number of alkyl halides is 11. The normalized spacial score (nSPS) is 25.3. The van der Waals surface area contributed by atoms with Crippen LogP contribution in [0, 0.1) is 0 Å². The number of allylic oxidation sites excluding steroid dienone is 1. The van der Waals surface area contributed by atoms with E-state index >= 15 is 0 Å². The molecule has 0 aromatic carbocycles. The summed E-state index contributed by atoms with van der Waals surface area (Å²) in [4.78, 5) is 0. The Morgan fingerprint density at radius 2 is 1.04 bits per heavy atom. The largest absolute Gasteiger partial charge is 0.424 e. The van der Waals surface area contributed by atoms with Crippen LogP contribution < -0.4 is 0 Å². The fourth-order valence-electron chi connectivity index (χ4n) is 1.25. The van der Waals surface area contributed by atoms with E-state index in [1.807, 2.05) is 0 Å². The second-order valence-electron chi connectivity index (χ2n) is 4.09. The molecule has 1 aliphatic rings. The van der Waals surface area contributed by atoms with Gasteiger partial charge in [-0.2, -0.15) is 61.5 Å². The predicted molar refractivity (Wildman–Crippen MR) is 40.0 cm³/mol. The van der Waals surface area contributed by atoms with Crippen LogP contribution in [0.25, 0.3) is 0 Å². The molecule has 15 heteroatoms. The van der Waals surface area contributed by atoms with Crippen molar-refractivity contribution < 1.29 is 66.2 Å². The highest BCUT2D eigenvalue weighted by Crippen LogP contribution is 2.67. The van der Waals surface area contributed by atoms with Gasteiger partial charge in [0.1, 0.15) is 0 Å². The van der Waals surface area contributed by atoms with Crippen molar-refractivity contribution in [2.24, 2.45) is 0 Å². The quantitative estimate of drug-likeness (QED) is 0.490. The van der Waals surface area contributed by atoms with Crippen molar-refractivity contribution in [3.8, 4) is 0 Å². The highest BCUT2D eigenvalue weighted by Gasteiger charge is 2.98. The molecular formula is C8F14O. The zero-order chi connectivity index (χ0) is 18.9. The van der Waals surface area contributed by atoms with Gasteiger partial charge in [0.2, 0.25) is 5.83 Å². The molecule has 0 amide bonds. The highest BCUT2D eigenvalue weighted by atomic mass is 19.4. The van der Waals surface area contributed by atoms with E-state index in [1.165, 1.54) is 0 Å². The van der Waals surface area contributed by atoms with Crippen LogP contribution in [0.4, 0.5) is 61.5 Å². The molecule has 1 heterocycles. The summed E-state index contributed by atoms with van der Waals surface area (Å²) >= 11 is 0. The van der Waals surface area contributed by atoms with E-state index in [0.717, 1.165) is 0 Å². The number of hydrogen-bond donors (Lipinski definition) is 0. The molecule has 1 atom stereocenters. The SMILES string of the molecule is FC(F)=C(F)C(F)(F)C(F)(F)C(F)(F)C(F)(F)C1(F)OC1(F)F. The molecular weight excluding hydrogens is 378 g/mol. The summed E-state index contributed by atoms with van der Waals surface area (Å²) in [7, 11) is 0. The Morgan fingerprint density at radius 1 is 0.696 bits per heavy atom. The molecule has 0 aromatic rings. The lowest BCUT2D eigenvalue weighted by molar-refractivity contribution is -0.383. The molecule has 1 nitrogen and oxygen atoms in total. The Bertz CT molecular complexity index is 531. The molecule has 136 valence electrons. The van der Waals surface area contributed by atoms with Crippen LogP contribution in [0.5, 0.6) is 0 Å². The molecule has 1 aliphatic heterocycles. The van der Waals surface area contributed by atoms with E-state index < -0.39 is 47.6 Å². The van der Waals surface area contributed by atoms with Crippen LogP contribution in [-0.2, 0) is 4.74 Å². The van der Waals surface area contributed by atoms with Crippen molar-refractivity contribution in [1.82, 2.24) is 0 Å². The van der Waals surface area contributed by atoms with Crippen LogP contribution in [0.15, 0.2) is 11.9 Å². The number of hydrogen-bond acceptors (Lipinski definition) is 1. The fraction of sp³-hybridized carbons (Fsp3) is 0.750. The van der Waals surface area contributed by atoms with Crippen molar-refractivity contribution in [3.63, 3.8) is 0 Å². The smallest absolute Gasteiger partial charge is 0.265 e. The van der Waals surface area contributed by atoms with Gasteiger partial charge in [-0.25, -0.2) is 0 Å². The predicted octanol–water partition coefficient (Wildman–Crippen LogP) is 4.89. The summed E-state index contributed by atoms with van der Waals surface area (Å²) in [6.45, 7) is 0. The minimum absolute atomic E-state index is 2.20. The second kappa shape index (κ2) is 4.63. The Kier molecular flexibility index (Phi) is 3.98. The number of epoxide rings is 1. The molecule has 0 spiro atoms. The maximum absolute atomic E-state index is 12.9. The number of ether oxygens (including phenoxy) is 1. The number of rotatable bonds is 5. The van der Waals surface area contributed by atoms with E-state index in [1.54, 1.807) is 0 Å². The van der Waals surface area contributed by atoms with Crippen molar-refractivity contribution in [2.75, 3.05) is 0 Å². The maximum atomic E-state index is 12.9. The molecule has 0 radical (unpaired) electrons. The third-order valence-electron chi connectivity index (χ3n) is 2.63. The maximum Gasteiger partial charge on any atom is 0.424 e. The summed E-state index contributed by atoms with van der Waals surface area (Å²) < 4.78 is 177. The minimum atomic E-state index is -7.76. The van der Waals surface area contributed by atoms with E-state index in [4.69, 9.17) is 0 Å². The van der Waals surface area contributed by atoms with Crippen molar-refractivity contribution in [2.45, 2.75) is 35.7 Å². The lowest BCUT2D eigenvalue weighted by Crippen LogP contribution is -2.66. The molecule has 0 N–H and O–H groups in total. The monoisotopic (exact) mass is 378 g/mol. The Labute approximate surface area is 115 Å². The molecule has 1 fully saturated rings. The average molecular weight is 378 g/mol. The van der Waals surface area contributed by atoms with Gasteiger partial charge in [-0.05, 0) is 0 Å². The summed E-state index contributed by atoms with van der Waals surface area (Å²) in [6.07, 6.45) is -10.0. The Balaban J connectivity index is 3.45. The molecule has 1 saturated heterocycles. The zero-order valence-corrected chi connectivity index (χ0v) is 9.70. The molecule has 23 heavy (non-hydrogen) atoms. The van der Waals surface area contributed by atoms with E-state index in [-0.39, 0.29) is 0 Å². The van der Waals surface area contributed by atoms with Gasteiger partial charge in [0.15, 0.2) is 0 Å². The van der Waals surface area contributed by atoms with Crippen molar-refractivity contribution in [3.05, 3.63) is 11.9 Å². The first-order chi connectivity index (χ1) is 9.81. The zero-order valence-electron chi connectivity index (χ0n) is 9.70. The Morgan fingerprint density at radius 3 is 1.30 bits per heavy atom. The van der Waals surface area contributed by atoms with Gasteiger partial charge in [0, 0.05) is 0 Å². The Hall–Kier alpha value is -1.28. The topological polar surface area (TPSA) is 12.5 Å². The first-order valence-corrected chi connectivity index (χ1v) is 4.80. The third-order valence-corrected chi connectivity index (χ3v) is 2.63. The van der Waals surface area contributed by atoms with Gasteiger partial charge in [0.05, 0.1) is 0 Å². The summed E-state index contributed by atoms with van der Waals surface area (Å²) in [6, 6.07) is 0. The molecule has 0 aliphatic carbocycles. The lowest BCUT2D eigenvalue weighted by atomic mass is 9.94.